The molecule has 0 spiro atoms. The molecule has 1 N–H and O–H groups in total. The number of carbonyl (C=O) groups excluding carboxylic acids is 1. The molecule has 6 nitrogen and oxygen atoms in total. The van der Waals surface area contributed by atoms with Crippen molar-refractivity contribution in [3.63, 3.8) is 0 Å². The summed E-state index contributed by atoms with van der Waals surface area (Å²) < 4.78 is 30.5. The molecule has 4 rings (SSSR count). The van der Waals surface area contributed by atoms with E-state index in [-0.39, 0.29) is 22.3 Å². The van der Waals surface area contributed by atoms with Crippen molar-refractivity contribution in [3.05, 3.63) is 69.3 Å². The first kappa shape index (κ1) is 19.9. The van der Waals surface area contributed by atoms with Gasteiger partial charge in [-0.1, -0.05) is 25.8 Å². The van der Waals surface area contributed by atoms with Crippen molar-refractivity contribution < 1.29 is 23.1 Å². The van der Waals surface area contributed by atoms with Crippen LogP contribution >= 0.6 is 0 Å². The molecule has 0 radical (unpaired) electrons. The zero-order valence-electron chi connectivity index (χ0n) is 16.8. The van der Waals surface area contributed by atoms with Crippen molar-refractivity contribution in [3.8, 4) is 11.5 Å². The summed E-state index contributed by atoms with van der Waals surface area (Å²) in [7, 11) is 1.53. The Morgan fingerprint density at radius 2 is 1.93 bits per heavy atom. The Bertz CT molecular complexity index is 1170. The van der Waals surface area contributed by atoms with Gasteiger partial charge in [0.15, 0.2) is 16.9 Å². The lowest BCUT2D eigenvalue weighted by Gasteiger charge is -2.16. The summed E-state index contributed by atoms with van der Waals surface area (Å²) in [5.41, 5.74) is 0.539. The first-order valence-corrected chi connectivity index (χ1v) is 9.91. The number of benzene rings is 2. The highest BCUT2D eigenvalue weighted by molar-refractivity contribution is 5.99. The van der Waals surface area contributed by atoms with Gasteiger partial charge in [-0.15, -0.1) is 0 Å². The van der Waals surface area contributed by atoms with E-state index in [0.29, 0.717) is 23.7 Å². The largest absolute Gasteiger partial charge is 0.493 e. The molecule has 30 heavy (non-hydrogen) atoms. The molecule has 0 saturated heterocycles. The van der Waals surface area contributed by atoms with Gasteiger partial charge in [-0.25, -0.2) is 4.39 Å². The van der Waals surface area contributed by atoms with Crippen LogP contribution < -0.4 is 20.2 Å². The second-order valence-corrected chi connectivity index (χ2v) is 7.19. The zero-order chi connectivity index (χ0) is 21.3. The van der Waals surface area contributed by atoms with E-state index < -0.39 is 23.2 Å². The predicted octanol–water partition coefficient (Wildman–Crippen LogP) is 4.34. The summed E-state index contributed by atoms with van der Waals surface area (Å²) >= 11 is 0. The molecule has 0 saturated carbocycles. The second-order valence-electron chi connectivity index (χ2n) is 7.19. The van der Waals surface area contributed by atoms with E-state index >= 15 is 0 Å². The Hall–Kier alpha value is -3.35. The molecule has 1 unspecified atom stereocenters. The molecule has 0 fully saturated rings. The molecule has 3 aromatic rings. The summed E-state index contributed by atoms with van der Waals surface area (Å²) in [5, 5.41) is 2.87. The molecule has 1 aliphatic rings. The standard InChI is InChI=1S/C23H22FNO5/c1-3-4-5-10-29-17-8-6-13(11-18(17)28-2)20-19-21(26)15-12-14(24)7-9-16(15)30-22(19)23(27)25-20/h6-9,11-12,20H,3-5,10H2,1-2H3,(H,25,27). The number of methoxy groups -OCH3 is 1. The van der Waals surface area contributed by atoms with Crippen molar-refractivity contribution in [1.29, 1.82) is 0 Å². The average molecular weight is 411 g/mol. The first-order chi connectivity index (χ1) is 14.5. The lowest BCUT2D eigenvalue weighted by atomic mass is 9.99. The number of nitrogens with one attached hydrogen (secondary N) is 1. The van der Waals surface area contributed by atoms with Gasteiger partial charge in [0.2, 0.25) is 5.76 Å². The number of halogens is 1. The van der Waals surface area contributed by atoms with Crippen LogP contribution in [0.5, 0.6) is 11.5 Å². The Labute approximate surface area is 172 Å². The van der Waals surface area contributed by atoms with Gasteiger partial charge in [-0.2, -0.15) is 0 Å². The van der Waals surface area contributed by atoms with E-state index in [9.17, 15) is 14.0 Å². The molecule has 1 aromatic heterocycles. The molecular weight excluding hydrogens is 389 g/mol. The van der Waals surface area contributed by atoms with Crippen molar-refractivity contribution in [2.75, 3.05) is 13.7 Å². The number of hydrogen-bond donors (Lipinski definition) is 1. The normalized spacial score (nSPS) is 15.2. The van der Waals surface area contributed by atoms with E-state index in [0.717, 1.165) is 25.3 Å². The van der Waals surface area contributed by atoms with Crippen molar-refractivity contribution in [2.24, 2.45) is 0 Å². The van der Waals surface area contributed by atoms with Gasteiger partial charge in [-0.3, -0.25) is 9.59 Å². The first-order valence-electron chi connectivity index (χ1n) is 9.91. The monoisotopic (exact) mass is 411 g/mol. The van der Waals surface area contributed by atoms with Crippen molar-refractivity contribution >= 4 is 16.9 Å². The maximum Gasteiger partial charge on any atom is 0.288 e. The molecule has 1 amide bonds. The van der Waals surface area contributed by atoms with Crippen molar-refractivity contribution in [2.45, 2.75) is 32.2 Å². The molecule has 2 aromatic carbocycles. The van der Waals surface area contributed by atoms with Crippen LogP contribution in [0.25, 0.3) is 11.0 Å². The van der Waals surface area contributed by atoms with Gasteiger partial charge in [0.05, 0.1) is 30.7 Å². The fourth-order valence-corrected chi connectivity index (χ4v) is 3.65. The molecule has 1 atom stereocenters. The second kappa shape index (κ2) is 8.18. The quantitative estimate of drug-likeness (QED) is 0.585. The molecule has 1 aliphatic heterocycles. The van der Waals surface area contributed by atoms with Gasteiger partial charge in [0, 0.05) is 0 Å². The lowest BCUT2D eigenvalue weighted by molar-refractivity contribution is 0.0938. The van der Waals surface area contributed by atoms with Gasteiger partial charge in [0.25, 0.3) is 5.91 Å². The van der Waals surface area contributed by atoms with E-state index in [1.807, 2.05) is 0 Å². The fraction of sp³-hybridized carbons (Fsp3) is 0.304. The molecule has 0 aliphatic carbocycles. The van der Waals surface area contributed by atoms with Crippen LogP contribution in [0.2, 0.25) is 0 Å². The van der Waals surface area contributed by atoms with Crippen LogP contribution in [0.4, 0.5) is 4.39 Å². The Morgan fingerprint density at radius 1 is 1.10 bits per heavy atom. The predicted molar refractivity (Wildman–Crippen MR) is 110 cm³/mol. The van der Waals surface area contributed by atoms with Gasteiger partial charge in [0.1, 0.15) is 11.4 Å². The third-order valence-corrected chi connectivity index (χ3v) is 5.18. The van der Waals surface area contributed by atoms with Crippen molar-refractivity contribution in [1.82, 2.24) is 5.32 Å². The fourth-order valence-electron chi connectivity index (χ4n) is 3.65. The van der Waals surface area contributed by atoms with Crippen LogP contribution in [-0.4, -0.2) is 19.6 Å². The molecule has 2 heterocycles. The molecule has 0 bridgehead atoms. The highest BCUT2D eigenvalue weighted by atomic mass is 19.1. The topological polar surface area (TPSA) is 77.8 Å². The minimum Gasteiger partial charge on any atom is -0.493 e. The Kier molecular flexibility index (Phi) is 5.44. The molecular formula is C23H22FNO5. The summed E-state index contributed by atoms with van der Waals surface area (Å²) in [6, 6.07) is 8.19. The van der Waals surface area contributed by atoms with E-state index in [1.54, 1.807) is 18.2 Å². The van der Waals surface area contributed by atoms with Gasteiger partial charge in [-0.05, 0) is 42.3 Å². The zero-order valence-corrected chi connectivity index (χ0v) is 16.8. The highest BCUT2D eigenvalue weighted by Gasteiger charge is 2.36. The number of ether oxygens (including phenoxy) is 2. The summed E-state index contributed by atoms with van der Waals surface area (Å²) in [5.74, 6) is 0.00686. The number of fused-ring (bicyclic) bond motifs is 2. The van der Waals surface area contributed by atoms with Crippen LogP contribution in [0, 0.1) is 5.82 Å². The van der Waals surface area contributed by atoms with E-state index in [2.05, 4.69) is 12.2 Å². The van der Waals surface area contributed by atoms with Crippen LogP contribution in [0.15, 0.2) is 45.6 Å². The number of carbonyl (C=O) groups is 1. The van der Waals surface area contributed by atoms with Crippen LogP contribution in [0.3, 0.4) is 0 Å². The maximum absolute atomic E-state index is 13.7. The minimum atomic E-state index is -0.723. The highest BCUT2D eigenvalue weighted by Crippen LogP contribution is 2.36. The van der Waals surface area contributed by atoms with Crippen LogP contribution in [-0.2, 0) is 0 Å². The summed E-state index contributed by atoms with van der Waals surface area (Å²) in [6.45, 7) is 2.70. The number of unbranched alkanes of at least 4 members (excludes halogenated alkanes) is 2. The minimum absolute atomic E-state index is 0.0528. The number of hydrogen-bond acceptors (Lipinski definition) is 5. The van der Waals surface area contributed by atoms with Gasteiger partial charge >= 0.3 is 0 Å². The number of amides is 1. The molecule has 156 valence electrons. The Balaban J connectivity index is 1.73. The van der Waals surface area contributed by atoms with Crippen LogP contribution in [0.1, 0.15) is 53.9 Å². The number of rotatable bonds is 7. The third kappa shape index (κ3) is 3.51. The smallest absolute Gasteiger partial charge is 0.288 e. The molecule has 7 heteroatoms. The maximum atomic E-state index is 13.7. The van der Waals surface area contributed by atoms with E-state index in [4.69, 9.17) is 13.9 Å². The van der Waals surface area contributed by atoms with Gasteiger partial charge < -0.3 is 19.2 Å². The van der Waals surface area contributed by atoms with E-state index in [1.165, 1.54) is 19.2 Å². The Morgan fingerprint density at radius 3 is 2.70 bits per heavy atom. The summed E-state index contributed by atoms with van der Waals surface area (Å²) in [6.07, 6.45) is 3.12. The SMILES string of the molecule is CCCCCOc1ccc(C2NC(=O)c3oc4ccc(F)cc4c(=O)c32)cc1OC. The average Bonchev–Trinajstić information content (AvgIpc) is 3.08. The third-order valence-electron chi connectivity index (χ3n) is 5.18. The lowest BCUT2D eigenvalue weighted by Crippen LogP contribution is -2.22. The summed E-state index contributed by atoms with van der Waals surface area (Å²) in [4.78, 5) is 25.5.